The lowest BCUT2D eigenvalue weighted by Crippen LogP contribution is -2.15. The fraction of sp³-hybridized carbons (Fsp3) is 0.118. The Kier molecular flexibility index (Phi) is 4.15. The molecule has 0 unspecified atom stereocenters. The third-order valence-corrected chi connectivity index (χ3v) is 3.51. The monoisotopic (exact) mass is 323 g/mol. The maximum atomic E-state index is 12.4. The summed E-state index contributed by atoms with van der Waals surface area (Å²) in [5.41, 5.74) is 8.53. The summed E-state index contributed by atoms with van der Waals surface area (Å²) in [5.74, 6) is 0.484. The van der Waals surface area contributed by atoms with Gasteiger partial charge in [-0.25, -0.2) is 0 Å². The van der Waals surface area contributed by atoms with E-state index in [-0.39, 0.29) is 11.5 Å². The molecule has 2 aromatic carbocycles. The van der Waals surface area contributed by atoms with Crippen molar-refractivity contribution in [2.45, 2.75) is 6.92 Å². The van der Waals surface area contributed by atoms with E-state index >= 15 is 0 Å². The Morgan fingerprint density at radius 3 is 2.62 bits per heavy atom. The summed E-state index contributed by atoms with van der Waals surface area (Å²) in [4.78, 5) is 12.4. The van der Waals surface area contributed by atoms with Crippen molar-refractivity contribution < 1.29 is 9.53 Å². The molecule has 122 valence electrons. The van der Waals surface area contributed by atoms with E-state index in [4.69, 9.17) is 10.5 Å². The number of hydrogen-bond donors (Lipinski definition) is 2. The van der Waals surface area contributed by atoms with Crippen LogP contribution in [-0.2, 0) is 0 Å². The van der Waals surface area contributed by atoms with Gasteiger partial charge >= 0.3 is 0 Å². The third kappa shape index (κ3) is 3.05. The summed E-state index contributed by atoms with van der Waals surface area (Å²) in [5, 5.41) is 10.6. The second-order valence-electron chi connectivity index (χ2n) is 5.26. The molecule has 7 heteroatoms. The van der Waals surface area contributed by atoms with Gasteiger partial charge in [-0.2, -0.15) is 4.68 Å². The number of nitrogens with zero attached hydrogens (tertiary/aromatic N) is 3. The zero-order valence-corrected chi connectivity index (χ0v) is 13.4. The molecule has 1 heterocycles. The summed E-state index contributed by atoms with van der Waals surface area (Å²) in [6.45, 7) is 1.95. The molecule has 24 heavy (non-hydrogen) atoms. The number of aryl methyl sites for hydroxylation is 1. The number of rotatable bonds is 4. The molecular formula is C17H17N5O2. The molecule has 0 saturated carbocycles. The fourth-order valence-corrected chi connectivity index (χ4v) is 2.28. The second kappa shape index (κ2) is 6.41. The van der Waals surface area contributed by atoms with Crippen LogP contribution in [-0.4, -0.2) is 28.0 Å². The van der Waals surface area contributed by atoms with Crippen LogP contribution in [0.25, 0.3) is 5.69 Å². The summed E-state index contributed by atoms with van der Waals surface area (Å²) < 4.78 is 6.52. The highest BCUT2D eigenvalue weighted by molar-refractivity contribution is 6.05. The molecule has 3 N–H and O–H groups in total. The Labute approximate surface area is 139 Å². The topological polar surface area (TPSA) is 95.1 Å². The summed E-state index contributed by atoms with van der Waals surface area (Å²) in [7, 11) is 1.59. The van der Waals surface area contributed by atoms with Crippen molar-refractivity contribution in [3.05, 3.63) is 59.8 Å². The fourth-order valence-electron chi connectivity index (χ4n) is 2.28. The summed E-state index contributed by atoms with van der Waals surface area (Å²) >= 11 is 0. The molecule has 0 radical (unpaired) electrons. The van der Waals surface area contributed by atoms with Crippen LogP contribution in [0.4, 0.5) is 11.5 Å². The molecule has 3 aromatic rings. The van der Waals surface area contributed by atoms with Crippen molar-refractivity contribution in [3.63, 3.8) is 0 Å². The number of ether oxygens (including phenoxy) is 1. The van der Waals surface area contributed by atoms with Crippen LogP contribution in [0.2, 0.25) is 0 Å². The van der Waals surface area contributed by atoms with E-state index < -0.39 is 5.91 Å². The minimum Gasteiger partial charge on any atom is -0.497 e. The quantitative estimate of drug-likeness (QED) is 0.769. The van der Waals surface area contributed by atoms with Crippen molar-refractivity contribution in [2.75, 3.05) is 18.2 Å². The van der Waals surface area contributed by atoms with E-state index in [1.54, 1.807) is 37.4 Å². The smallest absolute Gasteiger partial charge is 0.280 e. The largest absolute Gasteiger partial charge is 0.497 e. The minimum absolute atomic E-state index is 0.0762. The van der Waals surface area contributed by atoms with Crippen molar-refractivity contribution in [1.82, 2.24) is 15.0 Å². The molecule has 3 rings (SSSR count). The average molecular weight is 323 g/mol. The van der Waals surface area contributed by atoms with Gasteiger partial charge < -0.3 is 15.8 Å². The van der Waals surface area contributed by atoms with Crippen molar-refractivity contribution in [3.8, 4) is 11.4 Å². The number of aromatic nitrogens is 3. The molecule has 0 spiro atoms. The van der Waals surface area contributed by atoms with Gasteiger partial charge in [-0.05, 0) is 48.9 Å². The molecule has 0 aliphatic rings. The number of nitrogen functional groups attached to an aromatic ring is 1. The molecule has 0 saturated heterocycles. The van der Waals surface area contributed by atoms with Crippen LogP contribution < -0.4 is 15.8 Å². The Bertz CT molecular complexity index is 871. The molecule has 0 aliphatic heterocycles. The molecule has 1 aromatic heterocycles. The van der Waals surface area contributed by atoms with E-state index in [1.165, 1.54) is 4.68 Å². The molecule has 0 atom stereocenters. The molecule has 0 bridgehead atoms. The number of nitrogens with one attached hydrogen (secondary N) is 1. The number of amides is 1. The predicted octanol–water partition coefficient (Wildman–Crippen LogP) is 2.42. The lowest BCUT2D eigenvalue weighted by atomic mass is 10.2. The van der Waals surface area contributed by atoms with Crippen LogP contribution in [0, 0.1) is 6.92 Å². The number of hydrogen-bond acceptors (Lipinski definition) is 5. The van der Waals surface area contributed by atoms with Gasteiger partial charge in [-0.1, -0.05) is 17.3 Å². The number of carbonyl (C=O) groups is 1. The van der Waals surface area contributed by atoms with Crippen LogP contribution >= 0.6 is 0 Å². The zero-order chi connectivity index (χ0) is 17.1. The van der Waals surface area contributed by atoms with E-state index in [1.807, 2.05) is 25.1 Å². The van der Waals surface area contributed by atoms with Gasteiger partial charge in [0.1, 0.15) is 5.75 Å². The number of benzene rings is 2. The van der Waals surface area contributed by atoms with Gasteiger partial charge in [0.15, 0.2) is 11.5 Å². The first-order chi connectivity index (χ1) is 11.6. The van der Waals surface area contributed by atoms with E-state index in [2.05, 4.69) is 15.6 Å². The molecule has 0 fully saturated rings. The van der Waals surface area contributed by atoms with E-state index in [0.717, 1.165) is 11.3 Å². The Morgan fingerprint density at radius 1 is 1.21 bits per heavy atom. The van der Waals surface area contributed by atoms with Crippen LogP contribution in [0.15, 0.2) is 48.5 Å². The summed E-state index contributed by atoms with van der Waals surface area (Å²) in [6.07, 6.45) is 0. The molecular weight excluding hydrogens is 306 g/mol. The highest BCUT2D eigenvalue weighted by Gasteiger charge is 2.18. The van der Waals surface area contributed by atoms with Crippen molar-refractivity contribution in [1.29, 1.82) is 0 Å². The maximum absolute atomic E-state index is 12.4. The van der Waals surface area contributed by atoms with E-state index in [0.29, 0.717) is 11.4 Å². The Hall–Kier alpha value is -3.35. The lowest BCUT2D eigenvalue weighted by molar-refractivity contribution is 0.102. The zero-order valence-electron chi connectivity index (χ0n) is 13.4. The van der Waals surface area contributed by atoms with Gasteiger partial charge in [-0.15, -0.1) is 5.10 Å². The van der Waals surface area contributed by atoms with Crippen LogP contribution in [0.5, 0.6) is 5.75 Å². The first-order valence-electron chi connectivity index (χ1n) is 7.32. The van der Waals surface area contributed by atoms with Gasteiger partial charge in [0, 0.05) is 5.69 Å². The number of anilines is 2. The van der Waals surface area contributed by atoms with Gasteiger partial charge in [-0.3, -0.25) is 4.79 Å². The minimum atomic E-state index is -0.405. The Balaban J connectivity index is 1.84. The first-order valence-corrected chi connectivity index (χ1v) is 7.32. The highest BCUT2D eigenvalue weighted by atomic mass is 16.5. The van der Waals surface area contributed by atoms with E-state index in [9.17, 15) is 4.79 Å². The number of nitrogens with two attached hydrogens (primary N) is 1. The van der Waals surface area contributed by atoms with Crippen molar-refractivity contribution >= 4 is 17.4 Å². The molecule has 7 nitrogen and oxygen atoms in total. The third-order valence-electron chi connectivity index (χ3n) is 3.51. The SMILES string of the molecule is COc1ccc(-n2nnc(C(=O)Nc3cccc(C)c3)c2N)cc1. The standard InChI is InChI=1S/C17H17N5O2/c1-11-4-3-5-12(10-11)19-17(23)15-16(18)22(21-20-15)13-6-8-14(24-2)9-7-13/h3-10H,18H2,1-2H3,(H,19,23). The second-order valence-corrected chi connectivity index (χ2v) is 5.26. The van der Waals surface area contributed by atoms with Gasteiger partial charge in [0.25, 0.3) is 5.91 Å². The Morgan fingerprint density at radius 2 is 1.96 bits per heavy atom. The average Bonchev–Trinajstić information content (AvgIpc) is 2.96. The lowest BCUT2D eigenvalue weighted by Gasteiger charge is -2.06. The van der Waals surface area contributed by atoms with Crippen molar-refractivity contribution in [2.24, 2.45) is 0 Å². The van der Waals surface area contributed by atoms with Gasteiger partial charge in [0.2, 0.25) is 0 Å². The first kappa shape index (κ1) is 15.5. The van der Waals surface area contributed by atoms with Crippen LogP contribution in [0.1, 0.15) is 16.1 Å². The number of carbonyl (C=O) groups excluding carboxylic acids is 1. The predicted molar refractivity (Wildman–Crippen MR) is 91.5 cm³/mol. The normalized spacial score (nSPS) is 10.4. The highest BCUT2D eigenvalue weighted by Crippen LogP contribution is 2.19. The maximum Gasteiger partial charge on any atom is 0.280 e. The molecule has 0 aliphatic carbocycles. The summed E-state index contributed by atoms with van der Waals surface area (Å²) in [6, 6.07) is 14.6. The number of methoxy groups -OCH3 is 1. The van der Waals surface area contributed by atoms with Gasteiger partial charge in [0.05, 0.1) is 12.8 Å². The molecule has 1 amide bonds. The van der Waals surface area contributed by atoms with Crippen LogP contribution in [0.3, 0.4) is 0 Å².